The van der Waals surface area contributed by atoms with Crippen molar-refractivity contribution in [3.8, 4) is 0 Å². The van der Waals surface area contributed by atoms with E-state index in [2.05, 4.69) is 13.6 Å². The summed E-state index contributed by atoms with van der Waals surface area (Å²) in [5.74, 6) is 0. The summed E-state index contributed by atoms with van der Waals surface area (Å²) >= 11 is 1.75. The van der Waals surface area contributed by atoms with Gasteiger partial charge in [-0.3, -0.25) is 0 Å². The van der Waals surface area contributed by atoms with E-state index in [1.54, 1.807) is 33.1 Å². The quantitative estimate of drug-likeness (QED) is 0.631. The van der Waals surface area contributed by atoms with E-state index < -0.39 is 8.60 Å². The average Bonchev–Trinajstić information content (AvgIpc) is 1.93. The molecule has 0 spiro atoms. The molecular weight excluding hydrogens is 171 g/mol. The predicted octanol–water partition coefficient (Wildman–Crippen LogP) is 2.13. The van der Waals surface area contributed by atoms with Crippen molar-refractivity contribution in [2.24, 2.45) is 0 Å². The Labute approximate surface area is 68.4 Å². The highest BCUT2D eigenvalue weighted by Gasteiger charge is 2.00. The van der Waals surface area contributed by atoms with Gasteiger partial charge in [0, 0.05) is 21.3 Å². The summed E-state index contributed by atoms with van der Waals surface area (Å²) in [6.07, 6.45) is 4.08. The van der Waals surface area contributed by atoms with Crippen molar-refractivity contribution < 1.29 is 13.6 Å². The SMILES string of the molecule is COP(OC)OC.CSC. The van der Waals surface area contributed by atoms with Crippen molar-refractivity contribution >= 4 is 20.4 Å². The first-order chi connectivity index (χ1) is 4.76. The summed E-state index contributed by atoms with van der Waals surface area (Å²) in [4.78, 5) is 0. The Balaban J connectivity index is 0. The molecule has 10 heavy (non-hydrogen) atoms. The van der Waals surface area contributed by atoms with Crippen LogP contribution < -0.4 is 0 Å². The van der Waals surface area contributed by atoms with Crippen LogP contribution in [0.3, 0.4) is 0 Å². The minimum absolute atomic E-state index is 1.05. The molecule has 0 amide bonds. The van der Waals surface area contributed by atoms with E-state index in [1.165, 1.54) is 0 Å². The first kappa shape index (κ1) is 13.3. The average molecular weight is 186 g/mol. The fourth-order valence-electron chi connectivity index (χ4n) is 0.224. The second kappa shape index (κ2) is 12.3. The summed E-state index contributed by atoms with van der Waals surface area (Å²) in [5, 5.41) is 0. The predicted molar refractivity (Wildman–Crippen MR) is 47.4 cm³/mol. The largest absolute Gasteiger partial charge is 0.331 e. The summed E-state index contributed by atoms with van der Waals surface area (Å²) in [7, 11) is 3.57. The molecule has 0 aromatic carbocycles. The van der Waals surface area contributed by atoms with E-state index >= 15 is 0 Å². The maximum Gasteiger partial charge on any atom is 0.331 e. The molecule has 0 saturated carbocycles. The van der Waals surface area contributed by atoms with Gasteiger partial charge in [0.1, 0.15) is 0 Å². The van der Waals surface area contributed by atoms with E-state index in [0.717, 1.165) is 0 Å². The van der Waals surface area contributed by atoms with Crippen molar-refractivity contribution in [3.05, 3.63) is 0 Å². The molecule has 3 nitrogen and oxygen atoms in total. The van der Waals surface area contributed by atoms with Crippen molar-refractivity contribution in [3.63, 3.8) is 0 Å². The lowest BCUT2D eigenvalue weighted by atomic mass is 11.8. The molecule has 0 aliphatic heterocycles. The van der Waals surface area contributed by atoms with E-state index in [4.69, 9.17) is 0 Å². The Morgan fingerprint density at radius 3 is 1.10 bits per heavy atom. The summed E-state index contributed by atoms with van der Waals surface area (Å²) in [6.45, 7) is 0. The monoisotopic (exact) mass is 186 g/mol. The van der Waals surface area contributed by atoms with Gasteiger partial charge in [-0.15, -0.1) is 0 Å². The Morgan fingerprint density at radius 2 is 1.10 bits per heavy atom. The third-order valence-electron chi connectivity index (χ3n) is 0.447. The first-order valence-corrected chi connectivity index (χ1v) is 5.32. The van der Waals surface area contributed by atoms with Crippen LogP contribution in [-0.4, -0.2) is 33.8 Å². The van der Waals surface area contributed by atoms with Crippen LogP contribution in [0.1, 0.15) is 0 Å². The van der Waals surface area contributed by atoms with Crippen molar-refractivity contribution in [1.29, 1.82) is 0 Å². The van der Waals surface area contributed by atoms with E-state index in [1.807, 2.05) is 12.5 Å². The van der Waals surface area contributed by atoms with Crippen LogP contribution in [0.4, 0.5) is 0 Å². The highest BCUT2D eigenvalue weighted by atomic mass is 32.2. The van der Waals surface area contributed by atoms with Gasteiger partial charge in [0.2, 0.25) is 0 Å². The zero-order chi connectivity index (χ0) is 8.41. The van der Waals surface area contributed by atoms with Crippen molar-refractivity contribution in [2.75, 3.05) is 33.8 Å². The molecule has 0 rings (SSSR count). The molecule has 0 unspecified atom stereocenters. The zero-order valence-electron chi connectivity index (χ0n) is 7.08. The molecule has 0 bridgehead atoms. The number of hydrogen-bond donors (Lipinski definition) is 0. The maximum absolute atomic E-state index is 4.67. The van der Waals surface area contributed by atoms with Crippen molar-refractivity contribution in [2.45, 2.75) is 0 Å². The summed E-state index contributed by atoms with van der Waals surface area (Å²) in [6, 6.07) is 0. The standard InChI is InChI=1S/C3H9O3P.C2H6S/c1-4-7(5-2)6-3;1-3-2/h1-3H3;1-2H3. The maximum atomic E-state index is 4.67. The van der Waals surface area contributed by atoms with Gasteiger partial charge in [0.05, 0.1) is 0 Å². The molecule has 64 valence electrons. The lowest BCUT2D eigenvalue weighted by Crippen LogP contribution is -1.81. The molecule has 0 aromatic rings. The van der Waals surface area contributed by atoms with Gasteiger partial charge >= 0.3 is 8.60 Å². The van der Waals surface area contributed by atoms with E-state index in [0.29, 0.717) is 0 Å². The fourth-order valence-corrected chi connectivity index (χ4v) is 0.671. The fraction of sp³-hybridized carbons (Fsp3) is 1.00. The van der Waals surface area contributed by atoms with Gasteiger partial charge in [-0.1, -0.05) is 0 Å². The molecular formula is C5H15O3PS. The van der Waals surface area contributed by atoms with Crippen LogP contribution in [0, 0.1) is 0 Å². The van der Waals surface area contributed by atoms with Gasteiger partial charge in [0.15, 0.2) is 0 Å². The van der Waals surface area contributed by atoms with Crippen LogP contribution >= 0.6 is 20.4 Å². The molecule has 0 N–H and O–H groups in total. The summed E-state index contributed by atoms with van der Waals surface area (Å²) in [5.41, 5.74) is 0. The van der Waals surface area contributed by atoms with Gasteiger partial charge in [-0.25, -0.2) is 0 Å². The molecule has 0 fully saturated rings. The topological polar surface area (TPSA) is 27.7 Å². The van der Waals surface area contributed by atoms with Gasteiger partial charge in [-0.2, -0.15) is 11.8 Å². The first-order valence-electron chi connectivity index (χ1n) is 2.59. The Hall–Kier alpha value is 0.660. The zero-order valence-corrected chi connectivity index (χ0v) is 8.79. The van der Waals surface area contributed by atoms with E-state index in [-0.39, 0.29) is 0 Å². The number of rotatable bonds is 3. The minimum Gasteiger partial charge on any atom is -0.316 e. The van der Waals surface area contributed by atoms with Crippen molar-refractivity contribution in [1.82, 2.24) is 0 Å². The second-order valence-electron chi connectivity index (χ2n) is 1.18. The molecule has 0 aromatic heterocycles. The minimum atomic E-state index is -1.05. The molecule has 5 heteroatoms. The van der Waals surface area contributed by atoms with Crippen LogP contribution in [-0.2, 0) is 13.6 Å². The Morgan fingerprint density at radius 1 is 0.900 bits per heavy atom. The lowest BCUT2D eigenvalue weighted by molar-refractivity contribution is 0.239. The third kappa shape index (κ3) is 11.5. The molecule has 0 atom stereocenters. The van der Waals surface area contributed by atoms with Gasteiger partial charge in [-0.05, 0) is 12.5 Å². The Bertz CT molecular complexity index is 46.6. The van der Waals surface area contributed by atoms with Crippen LogP contribution in [0.25, 0.3) is 0 Å². The second-order valence-corrected chi connectivity index (χ2v) is 3.54. The molecule has 0 radical (unpaired) electrons. The van der Waals surface area contributed by atoms with Crippen LogP contribution in [0.15, 0.2) is 0 Å². The normalized spacial score (nSPS) is 9.00. The van der Waals surface area contributed by atoms with Gasteiger partial charge in [0.25, 0.3) is 0 Å². The molecule has 0 aliphatic rings. The molecule has 0 aliphatic carbocycles. The van der Waals surface area contributed by atoms with Gasteiger partial charge < -0.3 is 13.6 Å². The van der Waals surface area contributed by atoms with Crippen LogP contribution in [0.5, 0.6) is 0 Å². The molecule has 0 saturated heterocycles. The highest BCUT2D eigenvalue weighted by molar-refractivity contribution is 7.97. The number of thioether (sulfide) groups is 1. The van der Waals surface area contributed by atoms with Crippen LogP contribution in [0.2, 0.25) is 0 Å². The third-order valence-corrected chi connectivity index (χ3v) is 1.34. The Kier molecular flexibility index (Phi) is 16.4. The number of hydrogen-bond acceptors (Lipinski definition) is 4. The lowest BCUT2D eigenvalue weighted by Gasteiger charge is -2.05. The summed E-state index contributed by atoms with van der Waals surface area (Å²) < 4.78 is 14.0. The smallest absolute Gasteiger partial charge is 0.316 e. The highest BCUT2D eigenvalue weighted by Crippen LogP contribution is 2.35. The molecule has 0 heterocycles. The van der Waals surface area contributed by atoms with E-state index in [9.17, 15) is 0 Å².